The molecule has 0 spiro atoms. The third-order valence-electron chi connectivity index (χ3n) is 3.08. The third-order valence-corrected chi connectivity index (χ3v) is 3.08. The van der Waals surface area contributed by atoms with E-state index in [2.05, 4.69) is 10.3 Å². The maximum atomic E-state index is 11.0. The molecule has 1 aliphatic rings. The van der Waals surface area contributed by atoms with Gasteiger partial charge in [-0.1, -0.05) is 24.5 Å². The van der Waals surface area contributed by atoms with E-state index >= 15 is 0 Å². The molecule has 0 aliphatic heterocycles. The zero-order chi connectivity index (χ0) is 10.8. The van der Waals surface area contributed by atoms with Gasteiger partial charge >= 0.3 is 0 Å². The summed E-state index contributed by atoms with van der Waals surface area (Å²) in [7, 11) is 0. The Bertz CT molecular complexity index is 365. The minimum absolute atomic E-state index is 0.306. The Morgan fingerprint density at radius 2 is 2.07 bits per heavy atom. The molecule has 1 saturated carbocycles. The van der Waals surface area contributed by atoms with Crippen molar-refractivity contribution in [2.45, 2.75) is 45.1 Å². The van der Waals surface area contributed by atoms with Crippen molar-refractivity contribution in [1.82, 2.24) is 15.0 Å². The Morgan fingerprint density at radius 1 is 1.40 bits per heavy atom. The van der Waals surface area contributed by atoms with Crippen LogP contribution in [0.4, 0.5) is 0 Å². The van der Waals surface area contributed by atoms with Gasteiger partial charge in [0, 0.05) is 0 Å². The smallest absolute Gasteiger partial charge is 0.271 e. The van der Waals surface area contributed by atoms with Gasteiger partial charge < -0.3 is 5.73 Å². The summed E-state index contributed by atoms with van der Waals surface area (Å²) in [6, 6.07) is 0.402. The topological polar surface area (TPSA) is 73.8 Å². The van der Waals surface area contributed by atoms with Crippen molar-refractivity contribution in [3.63, 3.8) is 0 Å². The molecule has 0 aromatic carbocycles. The highest BCUT2D eigenvalue weighted by atomic mass is 16.1. The van der Waals surface area contributed by atoms with Gasteiger partial charge in [-0.3, -0.25) is 4.79 Å². The second-order valence-corrected chi connectivity index (χ2v) is 4.12. The summed E-state index contributed by atoms with van der Waals surface area (Å²) in [5.41, 5.74) is 6.31. The molecule has 5 nitrogen and oxygen atoms in total. The number of hydrogen-bond donors (Lipinski definition) is 1. The average molecular weight is 208 g/mol. The molecule has 15 heavy (non-hydrogen) atoms. The van der Waals surface area contributed by atoms with E-state index in [1.807, 2.05) is 11.6 Å². The SMILES string of the molecule is Cc1c(C(N)=O)nnn1C1CCCCC1. The van der Waals surface area contributed by atoms with Crippen LogP contribution >= 0.6 is 0 Å². The summed E-state index contributed by atoms with van der Waals surface area (Å²) in [4.78, 5) is 11.0. The molecule has 2 N–H and O–H groups in total. The summed E-state index contributed by atoms with van der Waals surface area (Å²) in [6.45, 7) is 1.86. The van der Waals surface area contributed by atoms with Crippen LogP contribution in [0.3, 0.4) is 0 Å². The molecule has 1 fully saturated rings. The first-order valence-corrected chi connectivity index (χ1v) is 5.41. The summed E-state index contributed by atoms with van der Waals surface area (Å²) >= 11 is 0. The molecule has 1 aromatic heterocycles. The van der Waals surface area contributed by atoms with E-state index in [9.17, 15) is 4.79 Å². The fraction of sp³-hybridized carbons (Fsp3) is 0.700. The number of amides is 1. The predicted octanol–water partition coefficient (Wildman–Crippen LogP) is 1.19. The normalized spacial score (nSPS) is 17.9. The van der Waals surface area contributed by atoms with Gasteiger partial charge in [0.2, 0.25) is 0 Å². The summed E-state index contributed by atoms with van der Waals surface area (Å²) < 4.78 is 1.86. The zero-order valence-corrected chi connectivity index (χ0v) is 8.94. The lowest BCUT2D eigenvalue weighted by atomic mass is 9.95. The van der Waals surface area contributed by atoms with Crippen molar-refractivity contribution in [3.05, 3.63) is 11.4 Å². The fourth-order valence-electron chi connectivity index (χ4n) is 2.24. The van der Waals surface area contributed by atoms with E-state index in [1.165, 1.54) is 19.3 Å². The van der Waals surface area contributed by atoms with Crippen molar-refractivity contribution in [2.24, 2.45) is 5.73 Å². The van der Waals surface area contributed by atoms with E-state index < -0.39 is 5.91 Å². The van der Waals surface area contributed by atoms with Gasteiger partial charge in [0.1, 0.15) is 0 Å². The summed E-state index contributed by atoms with van der Waals surface area (Å²) in [6.07, 6.45) is 6.02. The average Bonchev–Trinajstić information content (AvgIpc) is 2.61. The molecule has 5 heteroatoms. The van der Waals surface area contributed by atoms with Crippen LogP contribution in [0.5, 0.6) is 0 Å². The second-order valence-electron chi connectivity index (χ2n) is 4.12. The Hall–Kier alpha value is -1.39. The molecule has 0 atom stereocenters. The Labute approximate surface area is 88.6 Å². The Balaban J connectivity index is 2.24. The lowest BCUT2D eigenvalue weighted by molar-refractivity contribution is 0.0995. The predicted molar refractivity (Wildman–Crippen MR) is 55.4 cm³/mol. The highest BCUT2D eigenvalue weighted by Crippen LogP contribution is 2.28. The first-order chi connectivity index (χ1) is 7.20. The van der Waals surface area contributed by atoms with Crippen LogP contribution in [0.25, 0.3) is 0 Å². The zero-order valence-electron chi connectivity index (χ0n) is 8.94. The van der Waals surface area contributed by atoms with Crippen LogP contribution in [-0.4, -0.2) is 20.9 Å². The van der Waals surface area contributed by atoms with Crippen molar-refractivity contribution >= 4 is 5.91 Å². The number of carbonyl (C=O) groups is 1. The Kier molecular flexibility index (Phi) is 2.70. The molecule has 1 amide bonds. The van der Waals surface area contributed by atoms with E-state index in [0.717, 1.165) is 18.5 Å². The number of aromatic nitrogens is 3. The number of nitrogens with two attached hydrogens (primary N) is 1. The minimum Gasteiger partial charge on any atom is -0.364 e. The van der Waals surface area contributed by atoms with Gasteiger partial charge in [-0.2, -0.15) is 0 Å². The quantitative estimate of drug-likeness (QED) is 0.793. The molecule has 1 heterocycles. The van der Waals surface area contributed by atoms with Gasteiger partial charge in [0.15, 0.2) is 5.69 Å². The summed E-state index contributed by atoms with van der Waals surface area (Å²) in [5.74, 6) is -0.491. The molecule has 1 aliphatic carbocycles. The largest absolute Gasteiger partial charge is 0.364 e. The second kappa shape index (κ2) is 4.00. The highest BCUT2D eigenvalue weighted by Gasteiger charge is 2.21. The fourth-order valence-corrected chi connectivity index (χ4v) is 2.24. The van der Waals surface area contributed by atoms with Crippen LogP contribution < -0.4 is 5.73 Å². The van der Waals surface area contributed by atoms with E-state index in [1.54, 1.807) is 0 Å². The van der Waals surface area contributed by atoms with E-state index in [4.69, 9.17) is 5.73 Å². The van der Waals surface area contributed by atoms with Crippen LogP contribution in [-0.2, 0) is 0 Å². The third kappa shape index (κ3) is 1.86. The van der Waals surface area contributed by atoms with E-state index in [-0.39, 0.29) is 0 Å². The number of rotatable bonds is 2. The molecule has 2 rings (SSSR count). The monoisotopic (exact) mass is 208 g/mol. The van der Waals surface area contributed by atoms with Crippen molar-refractivity contribution in [3.8, 4) is 0 Å². The molecular weight excluding hydrogens is 192 g/mol. The van der Waals surface area contributed by atoms with Gasteiger partial charge in [-0.15, -0.1) is 5.10 Å². The number of hydrogen-bond acceptors (Lipinski definition) is 3. The Morgan fingerprint density at radius 3 is 2.60 bits per heavy atom. The molecule has 1 aromatic rings. The van der Waals surface area contributed by atoms with Gasteiger partial charge in [-0.05, 0) is 19.8 Å². The highest BCUT2D eigenvalue weighted by molar-refractivity contribution is 5.91. The molecule has 0 bridgehead atoms. The lowest BCUT2D eigenvalue weighted by Crippen LogP contribution is -2.17. The summed E-state index contributed by atoms with van der Waals surface area (Å²) in [5, 5.41) is 7.86. The van der Waals surface area contributed by atoms with Gasteiger partial charge in [0.25, 0.3) is 5.91 Å². The van der Waals surface area contributed by atoms with Crippen LogP contribution in [0.15, 0.2) is 0 Å². The lowest BCUT2D eigenvalue weighted by Gasteiger charge is -2.22. The van der Waals surface area contributed by atoms with Crippen molar-refractivity contribution in [1.29, 1.82) is 0 Å². The maximum Gasteiger partial charge on any atom is 0.271 e. The van der Waals surface area contributed by atoms with Crippen molar-refractivity contribution < 1.29 is 4.79 Å². The van der Waals surface area contributed by atoms with Crippen LogP contribution in [0, 0.1) is 6.92 Å². The number of carbonyl (C=O) groups excluding carboxylic acids is 1. The molecular formula is C10H16N4O. The van der Waals surface area contributed by atoms with E-state index in [0.29, 0.717) is 11.7 Å². The van der Waals surface area contributed by atoms with Crippen molar-refractivity contribution in [2.75, 3.05) is 0 Å². The van der Waals surface area contributed by atoms with Crippen LogP contribution in [0.1, 0.15) is 54.3 Å². The minimum atomic E-state index is -0.491. The number of primary amides is 1. The van der Waals surface area contributed by atoms with Gasteiger partial charge in [-0.25, -0.2) is 4.68 Å². The molecule has 0 unspecified atom stereocenters. The van der Waals surface area contributed by atoms with Gasteiger partial charge in [0.05, 0.1) is 11.7 Å². The standard InChI is InChI=1S/C10H16N4O/c1-7-9(10(11)15)12-13-14(7)8-5-3-2-4-6-8/h8H,2-6H2,1H3,(H2,11,15). The first-order valence-electron chi connectivity index (χ1n) is 5.41. The number of nitrogens with zero attached hydrogens (tertiary/aromatic N) is 3. The molecule has 82 valence electrons. The first kappa shape index (κ1) is 10.1. The maximum absolute atomic E-state index is 11.0. The molecule has 0 saturated heterocycles. The molecule has 0 radical (unpaired) electrons. The van der Waals surface area contributed by atoms with Crippen LogP contribution in [0.2, 0.25) is 0 Å².